The van der Waals surface area contributed by atoms with Crippen LogP contribution in [0.1, 0.15) is 13.8 Å². The molecule has 0 saturated carbocycles. The Balaban J connectivity index is 4.62. The topological polar surface area (TPSA) is 84.9 Å². The van der Waals surface area contributed by atoms with E-state index < -0.39 is 23.9 Å². The molecule has 20 heavy (non-hydrogen) atoms. The van der Waals surface area contributed by atoms with Crippen LogP contribution in [0.4, 0.5) is 0 Å². The highest BCUT2D eigenvalue weighted by Gasteiger charge is 2.31. The summed E-state index contributed by atoms with van der Waals surface area (Å²) >= 11 is 0. The van der Waals surface area contributed by atoms with Gasteiger partial charge in [0.05, 0.1) is 19.8 Å². The minimum absolute atomic E-state index is 0.0291. The molecule has 0 aromatic heterocycles. The minimum Gasteiger partial charge on any atom is -0.464 e. The second-order valence-corrected chi connectivity index (χ2v) is 3.99. The summed E-state index contributed by atoms with van der Waals surface area (Å²) in [5.74, 6) is -2.13. The van der Waals surface area contributed by atoms with E-state index in [9.17, 15) is 14.4 Å². The predicted molar refractivity (Wildman–Crippen MR) is 72.9 cm³/mol. The van der Waals surface area contributed by atoms with Crippen molar-refractivity contribution in [2.24, 2.45) is 0 Å². The molecule has 0 aliphatic carbocycles. The van der Waals surface area contributed by atoms with Crippen molar-refractivity contribution < 1.29 is 23.9 Å². The number of esters is 2. The summed E-state index contributed by atoms with van der Waals surface area (Å²) in [6.07, 6.45) is 1.64. The van der Waals surface area contributed by atoms with Crippen molar-refractivity contribution in [3.8, 4) is 0 Å². The summed E-state index contributed by atoms with van der Waals surface area (Å²) in [4.78, 5) is 36.7. The van der Waals surface area contributed by atoms with Gasteiger partial charge in [0.25, 0.3) is 0 Å². The first-order valence-electron chi connectivity index (χ1n) is 6.38. The SMILES string of the molecule is C=CCN(C)CC(=O)NC(C(=O)OCC)C(=O)OCC. The van der Waals surface area contributed by atoms with E-state index in [0.29, 0.717) is 6.54 Å². The van der Waals surface area contributed by atoms with Crippen LogP contribution in [-0.2, 0) is 23.9 Å². The van der Waals surface area contributed by atoms with Crippen molar-refractivity contribution in [1.82, 2.24) is 10.2 Å². The lowest BCUT2D eigenvalue weighted by Crippen LogP contribution is -2.50. The molecule has 0 saturated heterocycles. The molecule has 0 rings (SSSR count). The molecule has 0 aliphatic rings. The van der Waals surface area contributed by atoms with Gasteiger partial charge in [-0.15, -0.1) is 6.58 Å². The maximum atomic E-state index is 11.8. The van der Waals surface area contributed by atoms with Gasteiger partial charge in [0, 0.05) is 6.54 Å². The summed E-state index contributed by atoms with van der Waals surface area (Å²) in [7, 11) is 1.71. The average molecular weight is 286 g/mol. The molecule has 0 radical (unpaired) electrons. The van der Waals surface area contributed by atoms with Gasteiger partial charge in [-0.05, 0) is 20.9 Å². The lowest BCUT2D eigenvalue weighted by molar-refractivity contribution is -0.159. The van der Waals surface area contributed by atoms with Crippen molar-refractivity contribution in [2.45, 2.75) is 19.9 Å². The fourth-order valence-corrected chi connectivity index (χ4v) is 1.40. The molecular formula is C13H22N2O5. The van der Waals surface area contributed by atoms with Crippen LogP contribution in [0.15, 0.2) is 12.7 Å². The Morgan fingerprint density at radius 1 is 1.20 bits per heavy atom. The molecule has 0 atom stereocenters. The summed E-state index contributed by atoms with van der Waals surface area (Å²) < 4.78 is 9.48. The van der Waals surface area contributed by atoms with E-state index in [1.54, 1.807) is 31.9 Å². The number of hydrogen-bond acceptors (Lipinski definition) is 6. The quantitative estimate of drug-likeness (QED) is 0.356. The van der Waals surface area contributed by atoms with E-state index >= 15 is 0 Å². The third-order valence-corrected chi connectivity index (χ3v) is 2.20. The van der Waals surface area contributed by atoms with Crippen LogP contribution >= 0.6 is 0 Å². The van der Waals surface area contributed by atoms with Gasteiger partial charge in [-0.1, -0.05) is 6.08 Å². The minimum atomic E-state index is -1.43. The van der Waals surface area contributed by atoms with Crippen LogP contribution in [-0.4, -0.2) is 62.1 Å². The zero-order valence-electron chi connectivity index (χ0n) is 12.2. The van der Waals surface area contributed by atoms with E-state index in [2.05, 4.69) is 11.9 Å². The fraction of sp³-hybridized carbons (Fsp3) is 0.615. The lowest BCUT2D eigenvalue weighted by atomic mass is 10.3. The van der Waals surface area contributed by atoms with Crippen molar-refractivity contribution >= 4 is 17.8 Å². The molecule has 1 N–H and O–H groups in total. The van der Waals surface area contributed by atoms with Crippen LogP contribution in [0.5, 0.6) is 0 Å². The van der Waals surface area contributed by atoms with Gasteiger partial charge in [0.1, 0.15) is 0 Å². The number of carbonyl (C=O) groups excluding carboxylic acids is 3. The maximum Gasteiger partial charge on any atom is 0.340 e. The Kier molecular flexibility index (Phi) is 9.02. The van der Waals surface area contributed by atoms with Crippen molar-refractivity contribution in [3.05, 3.63) is 12.7 Å². The van der Waals surface area contributed by atoms with Gasteiger partial charge in [-0.25, -0.2) is 9.59 Å². The Hall–Kier alpha value is -1.89. The number of likely N-dealkylation sites (N-methyl/N-ethyl adjacent to an activating group) is 1. The van der Waals surface area contributed by atoms with Gasteiger partial charge in [-0.3, -0.25) is 9.69 Å². The number of carbonyl (C=O) groups is 3. The smallest absolute Gasteiger partial charge is 0.340 e. The standard InChI is InChI=1S/C13H22N2O5/c1-5-8-15(4)9-10(16)14-11(12(17)19-6-2)13(18)20-7-3/h5,11H,1,6-9H2,2-4H3,(H,14,16). The van der Waals surface area contributed by atoms with Gasteiger partial charge in [0.2, 0.25) is 11.9 Å². The highest BCUT2D eigenvalue weighted by molar-refractivity contribution is 6.02. The lowest BCUT2D eigenvalue weighted by Gasteiger charge is -2.18. The van der Waals surface area contributed by atoms with Crippen LogP contribution in [0.2, 0.25) is 0 Å². The summed E-state index contributed by atoms with van der Waals surface area (Å²) in [5.41, 5.74) is 0. The van der Waals surface area contributed by atoms with Gasteiger partial charge in [-0.2, -0.15) is 0 Å². The molecule has 0 bridgehead atoms. The number of rotatable bonds is 9. The van der Waals surface area contributed by atoms with Crippen molar-refractivity contribution in [1.29, 1.82) is 0 Å². The van der Waals surface area contributed by atoms with Crippen molar-refractivity contribution in [3.63, 3.8) is 0 Å². The van der Waals surface area contributed by atoms with Crippen molar-refractivity contribution in [2.75, 3.05) is 33.4 Å². The molecular weight excluding hydrogens is 264 g/mol. The highest BCUT2D eigenvalue weighted by Crippen LogP contribution is 1.95. The summed E-state index contributed by atoms with van der Waals surface area (Å²) in [5, 5.41) is 2.31. The molecule has 0 fully saturated rings. The molecule has 7 heteroatoms. The number of nitrogens with one attached hydrogen (secondary N) is 1. The first-order chi connectivity index (χ1) is 9.46. The first-order valence-corrected chi connectivity index (χ1v) is 6.38. The molecule has 7 nitrogen and oxygen atoms in total. The number of hydrogen-bond donors (Lipinski definition) is 1. The predicted octanol–water partition coefficient (Wildman–Crippen LogP) is -0.285. The monoisotopic (exact) mass is 286 g/mol. The van der Waals surface area contributed by atoms with E-state index in [0.717, 1.165) is 0 Å². The third kappa shape index (κ3) is 6.89. The van der Waals surface area contributed by atoms with Gasteiger partial charge < -0.3 is 14.8 Å². The molecule has 1 amide bonds. The van der Waals surface area contributed by atoms with Gasteiger partial charge >= 0.3 is 11.9 Å². The molecule has 0 aromatic carbocycles. The average Bonchev–Trinajstić information content (AvgIpc) is 2.36. The number of nitrogens with zero attached hydrogens (tertiary/aromatic N) is 1. The Bertz CT molecular complexity index is 339. The van der Waals surface area contributed by atoms with Crippen LogP contribution in [0.25, 0.3) is 0 Å². The second kappa shape index (κ2) is 9.96. The molecule has 0 unspecified atom stereocenters. The van der Waals surface area contributed by atoms with Crippen LogP contribution in [0, 0.1) is 0 Å². The Morgan fingerprint density at radius 2 is 1.70 bits per heavy atom. The summed E-state index contributed by atoms with van der Waals surface area (Å²) in [6.45, 7) is 7.54. The molecule has 0 heterocycles. The Morgan fingerprint density at radius 3 is 2.10 bits per heavy atom. The van der Waals surface area contributed by atoms with E-state index in [1.807, 2.05) is 0 Å². The molecule has 0 spiro atoms. The zero-order valence-corrected chi connectivity index (χ0v) is 12.2. The van der Waals surface area contributed by atoms with Gasteiger partial charge in [0.15, 0.2) is 0 Å². The highest BCUT2D eigenvalue weighted by atomic mass is 16.6. The normalized spacial score (nSPS) is 10.2. The number of ether oxygens (including phenoxy) is 2. The van der Waals surface area contributed by atoms with Crippen LogP contribution < -0.4 is 5.32 Å². The van der Waals surface area contributed by atoms with E-state index in [4.69, 9.17) is 9.47 Å². The third-order valence-electron chi connectivity index (χ3n) is 2.20. The zero-order chi connectivity index (χ0) is 15.5. The fourth-order valence-electron chi connectivity index (χ4n) is 1.40. The largest absolute Gasteiger partial charge is 0.464 e. The maximum absolute atomic E-state index is 11.8. The van der Waals surface area contributed by atoms with E-state index in [1.165, 1.54) is 0 Å². The van der Waals surface area contributed by atoms with Crippen LogP contribution in [0.3, 0.4) is 0 Å². The molecule has 0 aliphatic heterocycles. The second-order valence-electron chi connectivity index (χ2n) is 3.99. The molecule has 114 valence electrons. The number of amides is 1. The molecule has 0 aromatic rings. The van der Waals surface area contributed by atoms with E-state index in [-0.39, 0.29) is 19.8 Å². The Labute approximate surface area is 118 Å². The first kappa shape index (κ1) is 18.1. The summed E-state index contributed by atoms with van der Waals surface area (Å²) in [6, 6.07) is -1.43.